The van der Waals surface area contributed by atoms with Crippen LogP contribution in [-0.2, 0) is 4.79 Å². The van der Waals surface area contributed by atoms with E-state index >= 15 is 0 Å². The van der Waals surface area contributed by atoms with Crippen molar-refractivity contribution in [2.45, 2.75) is 12.5 Å². The SMILES string of the molecule is O=C(O)CC(O)CNc1cc(F)c(F)cc1F. The zero-order valence-corrected chi connectivity index (χ0v) is 8.58. The number of carboxylic acids is 1. The number of halogens is 3. The van der Waals surface area contributed by atoms with Crippen LogP contribution in [0.5, 0.6) is 0 Å². The topological polar surface area (TPSA) is 69.6 Å². The summed E-state index contributed by atoms with van der Waals surface area (Å²) in [5, 5.41) is 19.8. The molecule has 1 unspecified atom stereocenters. The Labute approximate surface area is 94.7 Å². The fourth-order valence-corrected chi connectivity index (χ4v) is 1.16. The molecule has 17 heavy (non-hydrogen) atoms. The van der Waals surface area contributed by atoms with Gasteiger partial charge in [0.05, 0.1) is 18.2 Å². The van der Waals surface area contributed by atoms with Crippen molar-refractivity contribution in [3.8, 4) is 0 Å². The lowest BCUT2D eigenvalue weighted by atomic mass is 10.2. The predicted molar refractivity (Wildman–Crippen MR) is 53.1 cm³/mol. The second kappa shape index (κ2) is 5.53. The van der Waals surface area contributed by atoms with E-state index in [2.05, 4.69) is 5.32 Å². The molecule has 1 atom stereocenters. The first-order valence-electron chi connectivity index (χ1n) is 4.68. The van der Waals surface area contributed by atoms with Gasteiger partial charge in [0.1, 0.15) is 5.82 Å². The van der Waals surface area contributed by atoms with E-state index in [0.29, 0.717) is 12.1 Å². The van der Waals surface area contributed by atoms with Crippen LogP contribution >= 0.6 is 0 Å². The van der Waals surface area contributed by atoms with Crippen LogP contribution in [0, 0.1) is 17.5 Å². The Morgan fingerprint density at radius 2 is 1.82 bits per heavy atom. The maximum atomic E-state index is 13.1. The van der Waals surface area contributed by atoms with E-state index in [1.54, 1.807) is 0 Å². The summed E-state index contributed by atoms with van der Waals surface area (Å²) in [6.07, 6.45) is -1.78. The summed E-state index contributed by atoms with van der Waals surface area (Å²) >= 11 is 0. The molecule has 0 saturated heterocycles. The average molecular weight is 249 g/mol. The summed E-state index contributed by atoms with van der Waals surface area (Å²) in [6, 6.07) is 0.958. The van der Waals surface area contributed by atoms with Gasteiger partial charge in [0.15, 0.2) is 11.6 Å². The minimum atomic E-state index is -1.32. The molecule has 4 nitrogen and oxygen atoms in total. The van der Waals surface area contributed by atoms with Crippen LogP contribution in [0.3, 0.4) is 0 Å². The van der Waals surface area contributed by atoms with E-state index in [1.165, 1.54) is 0 Å². The van der Waals surface area contributed by atoms with E-state index in [4.69, 9.17) is 10.2 Å². The van der Waals surface area contributed by atoms with E-state index < -0.39 is 35.9 Å². The fourth-order valence-electron chi connectivity index (χ4n) is 1.16. The highest BCUT2D eigenvalue weighted by atomic mass is 19.2. The molecule has 0 aliphatic carbocycles. The highest BCUT2D eigenvalue weighted by Gasteiger charge is 2.12. The van der Waals surface area contributed by atoms with Gasteiger partial charge in [-0.05, 0) is 0 Å². The van der Waals surface area contributed by atoms with E-state index in [9.17, 15) is 18.0 Å². The second-order valence-corrected chi connectivity index (χ2v) is 3.38. The number of nitrogens with one attached hydrogen (secondary N) is 1. The van der Waals surface area contributed by atoms with Crippen molar-refractivity contribution < 1.29 is 28.2 Å². The standard InChI is InChI=1S/C10H10F3NO3/c11-6-2-8(13)9(3-7(6)12)14-4-5(15)1-10(16)17/h2-3,5,14-15H,1,4H2,(H,16,17). The third-order valence-corrected chi connectivity index (χ3v) is 1.95. The van der Waals surface area contributed by atoms with Crippen LogP contribution in [0.4, 0.5) is 18.9 Å². The van der Waals surface area contributed by atoms with Crippen LogP contribution in [0.25, 0.3) is 0 Å². The van der Waals surface area contributed by atoms with Crippen molar-refractivity contribution in [3.63, 3.8) is 0 Å². The number of carbonyl (C=O) groups is 1. The van der Waals surface area contributed by atoms with Gasteiger partial charge in [-0.2, -0.15) is 0 Å². The molecule has 0 radical (unpaired) electrons. The van der Waals surface area contributed by atoms with Crippen molar-refractivity contribution in [1.82, 2.24) is 0 Å². The number of benzene rings is 1. The predicted octanol–water partition coefficient (Wildman–Crippen LogP) is 1.35. The first-order chi connectivity index (χ1) is 7.90. The third-order valence-electron chi connectivity index (χ3n) is 1.95. The Kier molecular flexibility index (Phi) is 4.33. The minimum absolute atomic E-state index is 0.283. The van der Waals surface area contributed by atoms with Crippen molar-refractivity contribution in [2.24, 2.45) is 0 Å². The molecule has 1 aromatic rings. The van der Waals surface area contributed by atoms with Crippen LogP contribution in [0.1, 0.15) is 6.42 Å². The molecule has 0 bridgehead atoms. The summed E-state index contributed by atoms with van der Waals surface area (Å²) < 4.78 is 38.4. The molecule has 0 fully saturated rings. The highest BCUT2D eigenvalue weighted by molar-refractivity contribution is 5.67. The smallest absolute Gasteiger partial charge is 0.306 e. The van der Waals surface area contributed by atoms with Crippen LogP contribution < -0.4 is 5.32 Å². The van der Waals surface area contributed by atoms with Gasteiger partial charge in [-0.1, -0.05) is 0 Å². The molecule has 1 rings (SSSR count). The quantitative estimate of drug-likeness (QED) is 0.689. The molecule has 0 spiro atoms. The lowest BCUT2D eigenvalue weighted by molar-refractivity contribution is -0.138. The van der Waals surface area contributed by atoms with Crippen molar-refractivity contribution >= 4 is 11.7 Å². The van der Waals surface area contributed by atoms with E-state index in [1.807, 2.05) is 0 Å². The molecular formula is C10H10F3NO3. The number of rotatable bonds is 5. The summed E-state index contributed by atoms with van der Waals surface area (Å²) in [4.78, 5) is 10.2. The Hall–Kier alpha value is -1.76. The zero-order valence-electron chi connectivity index (χ0n) is 8.58. The second-order valence-electron chi connectivity index (χ2n) is 3.38. The molecule has 1 aromatic carbocycles. The number of aliphatic hydroxyl groups is 1. The molecule has 0 amide bonds. The molecule has 3 N–H and O–H groups in total. The zero-order chi connectivity index (χ0) is 13.0. The van der Waals surface area contributed by atoms with Gasteiger partial charge >= 0.3 is 5.97 Å². The first-order valence-corrected chi connectivity index (χ1v) is 4.68. The maximum Gasteiger partial charge on any atom is 0.306 e. The minimum Gasteiger partial charge on any atom is -0.481 e. The monoisotopic (exact) mass is 249 g/mol. The Morgan fingerprint density at radius 1 is 1.24 bits per heavy atom. The first kappa shape index (κ1) is 13.3. The summed E-state index contributed by atoms with van der Waals surface area (Å²) in [5.41, 5.74) is -0.340. The normalized spacial score (nSPS) is 12.2. The highest BCUT2D eigenvalue weighted by Crippen LogP contribution is 2.18. The molecule has 94 valence electrons. The maximum absolute atomic E-state index is 13.1. The Morgan fingerprint density at radius 3 is 2.41 bits per heavy atom. The van der Waals surface area contributed by atoms with Crippen LogP contribution in [0.2, 0.25) is 0 Å². The van der Waals surface area contributed by atoms with Crippen molar-refractivity contribution in [2.75, 3.05) is 11.9 Å². The lowest BCUT2D eigenvalue weighted by Gasteiger charge is -2.11. The Balaban J connectivity index is 2.63. The third kappa shape index (κ3) is 3.95. The van der Waals surface area contributed by atoms with Gasteiger partial charge in [-0.3, -0.25) is 4.79 Å². The summed E-state index contributed by atoms with van der Waals surface area (Å²) in [6.45, 7) is -0.283. The van der Waals surface area contributed by atoms with Gasteiger partial charge in [-0.25, -0.2) is 13.2 Å². The van der Waals surface area contributed by atoms with Crippen LogP contribution in [0.15, 0.2) is 12.1 Å². The van der Waals surface area contributed by atoms with Gasteiger partial charge in [0.2, 0.25) is 0 Å². The van der Waals surface area contributed by atoms with E-state index in [-0.39, 0.29) is 12.2 Å². The molecule has 0 heterocycles. The molecule has 0 aliphatic rings. The van der Waals surface area contributed by atoms with Crippen LogP contribution in [-0.4, -0.2) is 28.8 Å². The largest absolute Gasteiger partial charge is 0.481 e. The number of hydrogen-bond donors (Lipinski definition) is 3. The average Bonchev–Trinajstić information content (AvgIpc) is 2.20. The fraction of sp³-hybridized carbons (Fsp3) is 0.300. The summed E-state index contributed by atoms with van der Waals surface area (Å²) in [5.74, 6) is -4.79. The molecule has 7 heteroatoms. The van der Waals surface area contributed by atoms with Gasteiger partial charge in [-0.15, -0.1) is 0 Å². The van der Waals surface area contributed by atoms with Gasteiger partial charge < -0.3 is 15.5 Å². The van der Waals surface area contributed by atoms with Crippen molar-refractivity contribution in [3.05, 3.63) is 29.6 Å². The molecular weight excluding hydrogens is 239 g/mol. The van der Waals surface area contributed by atoms with Crippen molar-refractivity contribution in [1.29, 1.82) is 0 Å². The summed E-state index contributed by atoms with van der Waals surface area (Å²) in [7, 11) is 0. The number of anilines is 1. The molecule has 0 aromatic heterocycles. The Bertz CT molecular complexity index is 426. The molecule has 0 saturated carbocycles. The van der Waals surface area contributed by atoms with E-state index in [0.717, 1.165) is 0 Å². The molecule has 0 aliphatic heterocycles. The number of hydrogen-bond acceptors (Lipinski definition) is 3. The lowest BCUT2D eigenvalue weighted by Crippen LogP contribution is -2.23. The number of aliphatic hydroxyl groups excluding tert-OH is 1. The van der Waals surface area contributed by atoms with Gasteiger partial charge in [0, 0.05) is 18.7 Å². The number of aliphatic carboxylic acids is 1. The van der Waals surface area contributed by atoms with Gasteiger partial charge in [0.25, 0.3) is 0 Å². The number of carboxylic acid groups (broad SMARTS) is 1.